The zero-order chi connectivity index (χ0) is 24.5. The summed E-state index contributed by atoms with van der Waals surface area (Å²) in [4.78, 5) is 33.1. The summed E-state index contributed by atoms with van der Waals surface area (Å²) in [6, 6.07) is 5.12. The lowest BCUT2D eigenvalue weighted by molar-refractivity contribution is -0.117. The number of benzene rings is 1. The smallest absolute Gasteiger partial charge is 0.275 e. The first-order valence-corrected chi connectivity index (χ1v) is 9.33. The maximum atomic E-state index is 12.6. The van der Waals surface area contributed by atoms with Gasteiger partial charge in [-0.2, -0.15) is 10.1 Å². The normalized spacial score (nSPS) is 14.7. The summed E-state index contributed by atoms with van der Waals surface area (Å²) in [5.74, 6) is -0.906. The minimum absolute atomic E-state index is 0.110. The van der Waals surface area contributed by atoms with E-state index in [1.54, 1.807) is 25.2 Å². The van der Waals surface area contributed by atoms with E-state index in [-0.39, 0.29) is 29.3 Å². The number of nitrogens with zero attached hydrogens (tertiary/aromatic N) is 6. The van der Waals surface area contributed by atoms with E-state index < -0.39 is 12.9 Å². The van der Waals surface area contributed by atoms with Crippen molar-refractivity contribution in [3.63, 3.8) is 0 Å². The second-order valence-electron chi connectivity index (χ2n) is 6.80. The first kappa shape index (κ1) is 16.7. The number of methoxy groups -OCH3 is 1. The third kappa shape index (κ3) is 4.27. The van der Waals surface area contributed by atoms with Gasteiger partial charge in [-0.05, 0) is 25.0 Å². The number of rotatable bonds is 7. The van der Waals surface area contributed by atoms with E-state index >= 15 is 0 Å². The SMILES string of the molecule is [2H]C([2H])([2H])NC(=O)c1nnc(NC(=O)C2CC2)nc1Nc1cccc(-c2ncn(C)n2)c1OC. The van der Waals surface area contributed by atoms with E-state index in [9.17, 15) is 9.59 Å². The standard InChI is InChI=1S/C19H21N9O3/c1-20-18(30)13-16(23-19(26-25-13)24-17(29)10-7-8-10)22-12-6-4-5-11(14(12)31-3)15-21-9-28(2)27-15/h4-6,9-10H,7-8H2,1-3H3,(H,20,30)(H2,22,23,24,26,29)/i1D3. The van der Waals surface area contributed by atoms with Gasteiger partial charge in [-0.25, -0.2) is 4.98 Å². The Morgan fingerprint density at radius 2 is 2.13 bits per heavy atom. The number of nitrogens with one attached hydrogen (secondary N) is 3. The molecule has 0 saturated heterocycles. The Hall–Kier alpha value is -4.09. The van der Waals surface area contributed by atoms with Crippen LogP contribution in [0.2, 0.25) is 0 Å². The Bertz CT molecular complexity index is 1240. The molecule has 0 aliphatic heterocycles. The van der Waals surface area contributed by atoms with E-state index in [1.165, 1.54) is 18.1 Å². The van der Waals surface area contributed by atoms with Crippen LogP contribution in [0.1, 0.15) is 27.4 Å². The van der Waals surface area contributed by atoms with Gasteiger partial charge in [0.1, 0.15) is 6.33 Å². The lowest BCUT2D eigenvalue weighted by Gasteiger charge is -2.15. The zero-order valence-electron chi connectivity index (χ0n) is 19.7. The van der Waals surface area contributed by atoms with E-state index in [1.807, 2.05) is 5.32 Å². The van der Waals surface area contributed by atoms with Crippen molar-refractivity contribution in [3.05, 3.63) is 30.2 Å². The van der Waals surface area contributed by atoms with Crippen molar-refractivity contribution in [3.8, 4) is 17.1 Å². The van der Waals surface area contributed by atoms with Crippen molar-refractivity contribution in [1.82, 2.24) is 35.3 Å². The summed E-state index contributed by atoms with van der Waals surface area (Å²) in [5.41, 5.74) is 0.546. The molecule has 12 nitrogen and oxygen atoms in total. The van der Waals surface area contributed by atoms with E-state index in [0.29, 0.717) is 22.8 Å². The van der Waals surface area contributed by atoms with Gasteiger partial charge >= 0.3 is 0 Å². The van der Waals surface area contributed by atoms with Gasteiger partial charge in [0.2, 0.25) is 5.91 Å². The molecule has 2 amide bonds. The van der Waals surface area contributed by atoms with Gasteiger partial charge < -0.3 is 15.4 Å². The number of carbonyl (C=O) groups excluding carboxylic acids is 2. The fraction of sp³-hybridized carbons (Fsp3) is 0.316. The molecule has 2 heterocycles. The maximum absolute atomic E-state index is 12.6. The van der Waals surface area contributed by atoms with Crippen molar-refractivity contribution >= 4 is 29.3 Å². The molecule has 160 valence electrons. The van der Waals surface area contributed by atoms with Crippen molar-refractivity contribution < 1.29 is 18.4 Å². The molecule has 1 aliphatic carbocycles. The number of aryl methyl sites for hydroxylation is 1. The molecule has 0 spiro atoms. The van der Waals surface area contributed by atoms with Crippen molar-refractivity contribution in [2.45, 2.75) is 12.8 Å². The third-order valence-electron chi connectivity index (χ3n) is 4.51. The Morgan fingerprint density at radius 1 is 1.29 bits per heavy atom. The summed E-state index contributed by atoms with van der Waals surface area (Å²) in [7, 11) is 3.18. The minimum atomic E-state index is -2.75. The second-order valence-corrected chi connectivity index (χ2v) is 6.80. The third-order valence-corrected chi connectivity index (χ3v) is 4.51. The molecule has 0 bridgehead atoms. The number of ether oxygens (including phenoxy) is 1. The number of anilines is 3. The highest BCUT2D eigenvalue weighted by Gasteiger charge is 2.30. The van der Waals surface area contributed by atoms with Crippen LogP contribution in [0.25, 0.3) is 11.4 Å². The summed E-state index contributed by atoms with van der Waals surface area (Å²) < 4.78 is 29.0. The van der Waals surface area contributed by atoms with Crippen LogP contribution in [0.3, 0.4) is 0 Å². The van der Waals surface area contributed by atoms with Crippen LogP contribution in [0.4, 0.5) is 17.5 Å². The Labute approximate surface area is 181 Å². The van der Waals surface area contributed by atoms with Gasteiger partial charge in [-0.3, -0.25) is 19.6 Å². The Kier molecular flexibility index (Phi) is 4.49. The van der Waals surface area contributed by atoms with Crippen molar-refractivity contribution in [2.75, 3.05) is 24.7 Å². The predicted molar refractivity (Wildman–Crippen MR) is 111 cm³/mol. The van der Waals surface area contributed by atoms with Gasteiger partial charge in [0.05, 0.1) is 18.4 Å². The summed E-state index contributed by atoms with van der Waals surface area (Å²) in [5, 5.41) is 19.2. The van der Waals surface area contributed by atoms with Crippen LogP contribution in [0.15, 0.2) is 24.5 Å². The average Bonchev–Trinajstić information content (AvgIpc) is 3.53. The monoisotopic (exact) mass is 426 g/mol. The zero-order valence-corrected chi connectivity index (χ0v) is 16.7. The lowest BCUT2D eigenvalue weighted by atomic mass is 10.1. The maximum Gasteiger partial charge on any atom is 0.275 e. The van der Waals surface area contributed by atoms with Crippen LogP contribution in [0, 0.1) is 5.92 Å². The molecular weight excluding hydrogens is 402 g/mol. The fourth-order valence-corrected chi connectivity index (χ4v) is 2.86. The van der Waals surface area contributed by atoms with Gasteiger partial charge in [-0.1, -0.05) is 6.07 Å². The summed E-state index contributed by atoms with van der Waals surface area (Å²) in [6.07, 6.45) is 3.08. The Balaban J connectivity index is 1.72. The highest BCUT2D eigenvalue weighted by Crippen LogP contribution is 2.36. The quantitative estimate of drug-likeness (QED) is 0.505. The molecule has 0 atom stereocenters. The molecule has 12 heteroatoms. The van der Waals surface area contributed by atoms with Gasteiger partial charge in [0.15, 0.2) is 23.1 Å². The van der Waals surface area contributed by atoms with E-state index in [2.05, 4.69) is 35.9 Å². The Morgan fingerprint density at radius 3 is 2.81 bits per heavy atom. The molecule has 1 aliphatic rings. The van der Waals surface area contributed by atoms with E-state index in [0.717, 1.165) is 12.8 Å². The fourth-order valence-electron chi connectivity index (χ4n) is 2.86. The van der Waals surface area contributed by atoms with Crippen LogP contribution in [0.5, 0.6) is 5.75 Å². The first-order chi connectivity index (χ1) is 16.1. The molecule has 0 unspecified atom stereocenters. The van der Waals surface area contributed by atoms with Crippen LogP contribution in [-0.4, -0.2) is 55.8 Å². The first-order valence-electron chi connectivity index (χ1n) is 10.8. The lowest BCUT2D eigenvalue weighted by Crippen LogP contribution is -2.23. The molecule has 1 saturated carbocycles. The summed E-state index contributed by atoms with van der Waals surface area (Å²) in [6.45, 7) is -2.75. The molecule has 1 aromatic carbocycles. The van der Waals surface area contributed by atoms with Crippen LogP contribution in [-0.2, 0) is 11.8 Å². The molecule has 3 aromatic rings. The number of amides is 2. The average molecular weight is 426 g/mol. The number of carbonyl (C=O) groups is 2. The van der Waals surface area contributed by atoms with Crippen LogP contribution < -0.4 is 20.7 Å². The predicted octanol–water partition coefficient (Wildman–Crippen LogP) is 1.13. The number of hydrogen-bond donors (Lipinski definition) is 3. The van der Waals surface area contributed by atoms with Crippen molar-refractivity contribution in [1.29, 1.82) is 0 Å². The topological polar surface area (TPSA) is 149 Å². The number of aromatic nitrogens is 6. The number of para-hydroxylation sites is 1. The van der Waals surface area contributed by atoms with Gasteiger partial charge in [0.25, 0.3) is 11.9 Å². The van der Waals surface area contributed by atoms with Gasteiger partial charge in [0, 0.05) is 24.1 Å². The molecule has 4 rings (SSSR count). The molecule has 3 N–H and O–H groups in total. The van der Waals surface area contributed by atoms with E-state index in [4.69, 9.17) is 8.85 Å². The molecule has 1 fully saturated rings. The summed E-state index contributed by atoms with van der Waals surface area (Å²) >= 11 is 0. The van der Waals surface area contributed by atoms with Gasteiger partial charge in [-0.15, -0.1) is 10.2 Å². The molecule has 31 heavy (non-hydrogen) atoms. The largest absolute Gasteiger partial charge is 0.494 e. The highest BCUT2D eigenvalue weighted by atomic mass is 16.5. The van der Waals surface area contributed by atoms with Crippen LogP contribution >= 0.6 is 0 Å². The minimum Gasteiger partial charge on any atom is -0.494 e. The van der Waals surface area contributed by atoms with Crippen molar-refractivity contribution in [2.24, 2.45) is 13.0 Å². The molecule has 2 aromatic heterocycles. The molecule has 0 radical (unpaired) electrons. The number of hydrogen-bond acceptors (Lipinski definition) is 9. The second kappa shape index (κ2) is 8.34. The highest BCUT2D eigenvalue weighted by molar-refractivity contribution is 5.98. The molecular formula is C19H21N9O3.